The number of piperidine rings is 1. The number of aliphatic hydroxyl groups is 1. The van der Waals surface area contributed by atoms with Gasteiger partial charge in [-0.2, -0.15) is 0 Å². The molecule has 1 amide bonds. The first-order chi connectivity index (χ1) is 10.1. The predicted molar refractivity (Wildman–Crippen MR) is 78.6 cm³/mol. The van der Waals surface area contributed by atoms with E-state index in [4.69, 9.17) is 4.74 Å². The van der Waals surface area contributed by atoms with Crippen molar-refractivity contribution in [3.63, 3.8) is 0 Å². The molecule has 110 valence electrons. The largest absolute Gasteiger partial charge is 0.453 e. The summed E-state index contributed by atoms with van der Waals surface area (Å²) >= 11 is 0. The van der Waals surface area contributed by atoms with Gasteiger partial charge in [-0.25, -0.2) is 4.79 Å². The number of amides is 1. The number of benzene rings is 1. The third-order valence-electron chi connectivity index (χ3n) is 4.37. The van der Waals surface area contributed by atoms with Gasteiger partial charge < -0.3 is 14.7 Å². The van der Waals surface area contributed by atoms with Crippen LogP contribution in [0.3, 0.4) is 0 Å². The molecule has 2 aliphatic rings. The minimum absolute atomic E-state index is 0.0336. The molecular weight excluding hydrogens is 266 g/mol. The number of hydrogen-bond donors (Lipinski definition) is 1. The summed E-state index contributed by atoms with van der Waals surface area (Å²) in [6.45, 7) is 0. The topological polar surface area (TPSA) is 49.8 Å². The third-order valence-corrected chi connectivity index (χ3v) is 4.37. The second-order valence-corrected chi connectivity index (χ2v) is 5.82. The van der Waals surface area contributed by atoms with Gasteiger partial charge in [-0.15, -0.1) is 0 Å². The standard InChI is InChI=1S/C17H19NO3/c1-21-16(19)18-14-7-8-15(18)12-17(20,11-14)10-9-13-5-3-2-4-6-13/h2-6,14-15,20H,7-8,11-12H2,1H3. The van der Waals surface area contributed by atoms with E-state index in [0.29, 0.717) is 12.8 Å². The minimum Gasteiger partial charge on any atom is -0.453 e. The molecule has 0 radical (unpaired) electrons. The van der Waals surface area contributed by atoms with Gasteiger partial charge in [0, 0.05) is 30.5 Å². The van der Waals surface area contributed by atoms with E-state index in [9.17, 15) is 9.90 Å². The Morgan fingerprint density at radius 1 is 1.29 bits per heavy atom. The van der Waals surface area contributed by atoms with Crippen molar-refractivity contribution in [1.82, 2.24) is 4.90 Å². The Labute approximate surface area is 124 Å². The molecule has 3 rings (SSSR count). The summed E-state index contributed by atoms with van der Waals surface area (Å²) in [5.41, 5.74) is -0.111. The maximum atomic E-state index is 11.8. The first-order valence-electron chi connectivity index (χ1n) is 7.28. The Bertz CT molecular complexity index is 573. The van der Waals surface area contributed by atoms with Gasteiger partial charge in [-0.05, 0) is 25.0 Å². The van der Waals surface area contributed by atoms with E-state index in [1.807, 2.05) is 30.3 Å². The second-order valence-electron chi connectivity index (χ2n) is 5.82. The molecule has 0 spiro atoms. The number of carbonyl (C=O) groups excluding carboxylic acids is 1. The zero-order chi connectivity index (χ0) is 14.9. The number of hydrogen-bond acceptors (Lipinski definition) is 3. The fourth-order valence-corrected chi connectivity index (χ4v) is 3.44. The molecule has 1 aromatic carbocycles. The molecule has 4 nitrogen and oxygen atoms in total. The quantitative estimate of drug-likeness (QED) is 0.743. The molecular formula is C17H19NO3. The molecule has 2 aliphatic heterocycles. The fourth-order valence-electron chi connectivity index (χ4n) is 3.44. The van der Waals surface area contributed by atoms with Gasteiger partial charge in [0.05, 0.1) is 7.11 Å². The summed E-state index contributed by atoms with van der Waals surface area (Å²) in [4.78, 5) is 13.6. The molecule has 1 aromatic rings. The number of methoxy groups -OCH3 is 1. The Kier molecular flexibility index (Phi) is 3.60. The van der Waals surface area contributed by atoms with Crippen molar-refractivity contribution < 1.29 is 14.6 Å². The monoisotopic (exact) mass is 285 g/mol. The van der Waals surface area contributed by atoms with Gasteiger partial charge >= 0.3 is 6.09 Å². The van der Waals surface area contributed by atoms with Crippen LogP contribution in [-0.4, -0.2) is 40.9 Å². The van der Waals surface area contributed by atoms with Crippen LogP contribution in [0.4, 0.5) is 4.79 Å². The lowest BCUT2D eigenvalue weighted by Gasteiger charge is -2.40. The highest BCUT2D eigenvalue weighted by atomic mass is 16.5. The number of nitrogens with zero attached hydrogens (tertiary/aromatic N) is 1. The Morgan fingerprint density at radius 2 is 1.90 bits per heavy atom. The molecule has 2 heterocycles. The van der Waals surface area contributed by atoms with Crippen LogP contribution in [0.15, 0.2) is 30.3 Å². The number of ether oxygens (including phenoxy) is 1. The number of carbonyl (C=O) groups is 1. The average molecular weight is 285 g/mol. The van der Waals surface area contributed by atoms with Crippen molar-refractivity contribution in [3.8, 4) is 11.8 Å². The first-order valence-corrected chi connectivity index (χ1v) is 7.28. The van der Waals surface area contributed by atoms with Crippen molar-refractivity contribution in [1.29, 1.82) is 0 Å². The lowest BCUT2D eigenvalue weighted by molar-refractivity contribution is -0.00730. The van der Waals surface area contributed by atoms with Crippen molar-refractivity contribution in [2.75, 3.05) is 7.11 Å². The molecule has 0 saturated carbocycles. The van der Waals surface area contributed by atoms with E-state index in [1.54, 1.807) is 4.90 Å². The fraction of sp³-hybridized carbons (Fsp3) is 0.471. The van der Waals surface area contributed by atoms with Crippen LogP contribution >= 0.6 is 0 Å². The normalized spacial score (nSPS) is 30.5. The van der Waals surface area contributed by atoms with Crippen molar-refractivity contribution in [2.24, 2.45) is 0 Å². The van der Waals surface area contributed by atoms with Gasteiger partial charge in [-0.1, -0.05) is 30.0 Å². The highest BCUT2D eigenvalue weighted by Crippen LogP contribution is 2.40. The Morgan fingerprint density at radius 3 is 2.48 bits per heavy atom. The maximum absolute atomic E-state index is 11.8. The summed E-state index contributed by atoms with van der Waals surface area (Å²) in [7, 11) is 1.40. The van der Waals surface area contributed by atoms with Crippen molar-refractivity contribution in [3.05, 3.63) is 35.9 Å². The second kappa shape index (κ2) is 5.42. The zero-order valence-electron chi connectivity index (χ0n) is 12.1. The van der Waals surface area contributed by atoms with Gasteiger partial charge in [0.25, 0.3) is 0 Å². The summed E-state index contributed by atoms with van der Waals surface area (Å²) in [6.07, 6.45) is 2.53. The minimum atomic E-state index is -1.01. The van der Waals surface area contributed by atoms with E-state index in [2.05, 4.69) is 11.8 Å². The van der Waals surface area contributed by atoms with Crippen molar-refractivity contribution >= 4 is 6.09 Å². The number of fused-ring (bicyclic) bond motifs is 2. The van der Waals surface area contributed by atoms with E-state index < -0.39 is 5.60 Å². The van der Waals surface area contributed by atoms with Crippen LogP contribution in [0, 0.1) is 11.8 Å². The van der Waals surface area contributed by atoms with E-state index in [-0.39, 0.29) is 18.2 Å². The first kappa shape index (κ1) is 14.0. The average Bonchev–Trinajstić information content (AvgIpc) is 2.78. The van der Waals surface area contributed by atoms with Crippen molar-refractivity contribution in [2.45, 2.75) is 43.4 Å². The van der Waals surface area contributed by atoms with Crippen LogP contribution in [0.5, 0.6) is 0 Å². The molecule has 2 atom stereocenters. The molecule has 0 aromatic heterocycles. The van der Waals surface area contributed by atoms with Gasteiger partial charge in [-0.3, -0.25) is 0 Å². The molecule has 2 fully saturated rings. The van der Waals surface area contributed by atoms with Crippen LogP contribution in [-0.2, 0) is 4.74 Å². The molecule has 1 N–H and O–H groups in total. The Hall–Kier alpha value is -1.99. The van der Waals surface area contributed by atoms with E-state index in [0.717, 1.165) is 18.4 Å². The van der Waals surface area contributed by atoms with E-state index in [1.165, 1.54) is 7.11 Å². The lowest BCUT2D eigenvalue weighted by atomic mass is 9.86. The lowest BCUT2D eigenvalue weighted by Crippen LogP contribution is -2.52. The SMILES string of the molecule is COC(=O)N1C2CCC1CC(O)(C#Cc1ccccc1)C2. The Balaban J connectivity index is 1.78. The summed E-state index contributed by atoms with van der Waals surface area (Å²) in [6, 6.07) is 9.71. The third kappa shape index (κ3) is 2.74. The summed E-state index contributed by atoms with van der Waals surface area (Å²) in [5, 5.41) is 10.7. The molecule has 2 saturated heterocycles. The van der Waals surface area contributed by atoms with Crippen LogP contribution < -0.4 is 0 Å². The van der Waals surface area contributed by atoms with Crippen LogP contribution in [0.25, 0.3) is 0 Å². The molecule has 4 heteroatoms. The zero-order valence-corrected chi connectivity index (χ0v) is 12.1. The molecule has 0 aliphatic carbocycles. The highest BCUT2D eigenvalue weighted by Gasteiger charge is 2.49. The highest BCUT2D eigenvalue weighted by molar-refractivity contribution is 5.69. The summed E-state index contributed by atoms with van der Waals surface area (Å²) in [5.74, 6) is 6.07. The molecule has 2 unspecified atom stereocenters. The molecule has 2 bridgehead atoms. The van der Waals surface area contributed by atoms with Gasteiger partial charge in [0.1, 0.15) is 5.60 Å². The van der Waals surface area contributed by atoms with Crippen LogP contribution in [0.2, 0.25) is 0 Å². The van der Waals surface area contributed by atoms with Gasteiger partial charge in [0.15, 0.2) is 0 Å². The smallest absolute Gasteiger partial charge is 0.409 e. The van der Waals surface area contributed by atoms with Crippen LogP contribution in [0.1, 0.15) is 31.2 Å². The van der Waals surface area contributed by atoms with Gasteiger partial charge in [0.2, 0.25) is 0 Å². The van der Waals surface area contributed by atoms with E-state index >= 15 is 0 Å². The predicted octanol–water partition coefficient (Wildman–Crippen LogP) is 2.16. The molecule has 21 heavy (non-hydrogen) atoms. The summed E-state index contributed by atoms with van der Waals surface area (Å²) < 4.78 is 4.84. The number of rotatable bonds is 0. The maximum Gasteiger partial charge on any atom is 0.409 e.